The lowest BCUT2D eigenvalue weighted by molar-refractivity contribution is 0.310. The monoisotopic (exact) mass is 285 g/mol. The van der Waals surface area contributed by atoms with Crippen LogP contribution in [0.2, 0.25) is 0 Å². The molecule has 2 N–H and O–H groups in total. The molecule has 110 valence electrons. The largest absolute Gasteiger partial charge is 0.496 e. The molecule has 0 atom stereocenters. The summed E-state index contributed by atoms with van der Waals surface area (Å²) in [4.78, 5) is 2.15. The third kappa shape index (κ3) is 4.33. The van der Waals surface area contributed by atoms with Gasteiger partial charge < -0.3 is 14.8 Å². The molecular weight excluding hydrogens is 265 g/mol. The molecule has 5 heteroatoms. The molecule has 2 rings (SSSR count). The highest BCUT2D eigenvalue weighted by molar-refractivity contribution is 6.58. The van der Waals surface area contributed by atoms with Gasteiger partial charge in [-0.15, -0.1) is 0 Å². The summed E-state index contributed by atoms with van der Waals surface area (Å²) in [5, 5.41) is 18.4. The van der Waals surface area contributed by atoms with Gasteiger partial charge >= 0.3 is 7.12 Å². The summed E-state index contributed by atoms with van der Waals surface area (Å²) in [5.74, 6) is 0.879. The van der Waals surface area contributed by atoms with E-state index < -0.39 is 7.12 Å². The van der Waals surface area contributed by atoms with Gasteiger partial charge in [0.1, 0.15) is 5.75 Å². The van der Waals surface area contributed by atoms with Gasteiger partial charge in [0, 0.05) is 18.7 Å². The highest BCUT2D eigenvalue weighted by atomic mass is 16.5. The van der Waals surface area contributed by atoms with E-state index in [4.69, 9.17) is 4.74 Å². The molecule has 0 bridgehead atoms. The number of para-hydroxylation sites is 1. The Labute approximate surface area is 125 Å². The highest BCUT2D eigenvalue weighted by Gasteiger charge is 2.12. The molecule has 2 aromatic rings. The Hall–Kier alpha value is -1.82. The van der Waals surface area contributed by atoms with Crippen molar-refractivity contribution in [1.82, 2.24) is 4.90 Å². The first-order valence-corrected chi connectivity index (χ1v) is 6.85. The molecule has 0 aliphatic heterocycles. The number of hydrogen-bond donors (Lipinski definition) is 2. The average molecular weight is 285 g/mol. The Morgan fingerprint density at radius 1 is 1.05 bits per heavy atom. The van der Waals surface area contributed by atoms with Crippen molar-refractivity contribution >= 4 is 12.6 Å². The fourth-order valence-electron chi connectivity index (χ4n) is 2.34. The fraction of sp³-hybridized carbons (Fsp3) is 0.250. The van der Waals surface area contributed by atoms with Crippen molar-refractivity contribution in [3.05, 3.63) is 59.7 Å². The van der Waals surface area contributed by atoms with Crippen LogP contribution in [0, 0.1) is 0 Å². The number of benzene rings is 2. The van der Waals surface area contributed by atoms with Gasteiger partial charge in [0.15, 0.2) is 0 Å². The lowest BCUT2D eigenvalue weighted by Crippen LogP contribution is -2.30. The maximum Gasteiger partial charge on any atom is 0.488 e. The Bertz CT molecular complexity index is 589. The molecule has 0 aliphatic rings. The smallest absolute Gasteiger partial charge is 0.488 e. The van der Waals surface area contributed by atoms with Crippen molar-refractivity contribution in [2.75, 3.05) is 14.2 Å². The SMILES string of the molecule is COc1ccccc1CN(C)Cc1cccc(B(O)O)c1. The molecule has 2 aromatic carbocycles. The van der Waals surface area contributed by atoms with E-state index in [-0.39, 0.29) is 0 Å². The third-order valence-corrected chi connectivity index (χ3v) is 3.33. The minimum atomic E-state index is -1.43. The zero-order valence-corrected chi connectivity index (χ0v) is 12.4. The third-order valence-electron chi connectivity index (χ3n) is 3.33. The predicted molar refractivity (Wildman–Crippen MR) is 84.4 cm³/mol. The first-order valence-electron chi connectivity index (χ1n) is 6.85. The van der Waals surface area contributed by atoms with Gasteiger partial charge in [-0.25, -0.2) is 0 Å². The van der Waals surface area contributed by atoms with E-state index in [2.05, 4.69) is 4.90 Å². The summed E-state index contributed by atoms with van der Waals surface area (Å²) < 4.78 is 5.35. The van der Waals surface area contributed by atoms with Gasteiger partial charge in [-0.05, 0) is 24.1 Å². The summed E-state index contributed by atoms with van der Waals surface area (Å²) in [6.45, 7) is 1.48. The fourth-order valence-corrected chi connectivity index (χ4v) is 2.34. The topological polar surface area (TPSA) is 52.9 Å². The number of methoxy groups -OCH3 is 1. The highest BCUT2D eigenvalue weighted by Crippen LogP contribution is 2.19. The second-order valence-corrected chi connectivity index (χ2v) is 5.10. The Balaban J connectivity index is 2.04. The number of hydrogen-bond acceptors (Lipinski definition) is 4. The van der Waals surface area contributed by atoms with E-state index in [1.807, 2.05) is 49.5 Å². The molecule has 0 spiro atoms. The molecule has 0 amide bonds. The molecule has 0 saturated carbocycles. The molecule has 0 aliphatic carbocycles. The molecular formula is C16H20BNO3. The van der Waals surface area contributed by atoms with Crippen LogP contribution in [0.1, 0.15) is 11.1 Å². The maximum atomic E-state index is 9.21. The Kier molecular flexibility index (Phi) is 5.39. The van der Waals surface area contributed by atoms with Crippen molar-refractivity contribution in [3.8, 4) is 5.75 Å². The molecule has 0 aromatic heterocycles. The average Bonchev–Trinajstić information content (AvgIpc) is 2.48. The zero-order valence-electron chi connectivity index (χ0n) is 12.4. The van der Waals surface area contributed by atoms with Gasteiger partial charge in [-0.3, -0.25) is 4.90 Å². The lowest BCUT2D eigenvalue weighted by Gasteiger charge is -2.19. The van der Waals surface area contributed by atoms with E-state index in [0.717, 1.165) is 30.0 Å². The molecule has 4 nitrogen and oxygen atoms in total. The van der Waals surface area contributed by atoms with E-state index in [0.29, 0.717) is 5.46 Å². The van der Waals surface area contributed by atoms with Crippen LogP contribution in [0.4, 0.5) is 0 Å². The van der Waals surface area contributed by atoms with Gasteiger partial charge in [0.25, 0.3) is 0 Å². The van der Waals surface area contributed by atoms with Crippen LogP contribution in [-0.4, -0.2) is 36.2 Å². The number of rotatable bonds is 6. The van der Waals surface area contributed by atoms with E-state index in [9.17, 15) is 10.0 Å². The molecule has 0 radical (unpaired) electrons. The van der Waals surface area contributed by atoms with Gasteiger partial charge in [0.2, 0.25) is 0 Å². The van der Waals surface area contributed by atoms with Crippen LogP contribution < -0.4 is 10.2 Å². The zero-order chi connectivity index (χ0) is 15.2. The van der Waals surface area contributed by atoms with Crippen molar-refractivity contribution < 1.29 is 14.8 Å². The molecule has 21 heavy (non-hydrogen) atoms. The summed E-state index contributed by atoms with van der Waals surface area (Å²) in [7, 11) is 2.27. The predicted octanol–water partition coefficient (Wildman–Crippen LogP) is 1.01. The first-order chi connectivity index (χ1) is 10.1. The summed E-state index contributed by atoms with van der Waals surface area (Å²) >= 11 is 0. The number of ether oxygens (including phenoxy) is 1. The van der Waals surface area contributed by atoms with E-state index in [1.54, 1.807) is 13.2 Å². The second kappa shape index (κ2) is 7.27. The summed E-state index contributed by atoms with van der Waals surface area (Å²) in [5.41, 5.74) is 2.68. The van der Waals surface area contributed by atoms with Crippen LogP contribution in [0.25, 0.3) is 0 Å². The van der Waals surface area contributed by atoms with Crippen LogP contribution >= 0.6 is 0 Å². The molecule has 0 fully saturated rings. The maximum absolute atomic E-state index is 9.21. The molecule has 0 saturated heterocycles. The second-order valence-electron chi connectivity index (χ2n) is 5.10. The van der Waals surface area contributed by atoms with Crippen LogP contribution in [0.3, 0.4) is 0 Å². The quantitative estimate of drug-likeness (QED) is 0.778. The van der Waals surface area contributed by atoms with E-state index in [1.165, 1.54) is 0 Å². The lowest BCUT2D eigenvalue weighted by atomic mass is 9.79. The Morgan fingerprint density at radius 2 is 1.81 bits per heavy atom. The van der Waals surface area contributed by atoms with Crippen molar-refractivity contribution in [1.29, 1.82) is 0 Å². The van der Waals surface area contributed by atoms with E-state index >= 15 is 0 Å². The normalized spacial score (nSPS) is 10.7. The van der Waals surface area contributed by atoms with Crippen molar-refractivity contribution in [3.63, 3.8) is 0 Å². The molecule has 0 heterocycles. The van der Waals surface area contributed by atoms with Crippen molar-refractivity contribution in [2.24, 2.45) is 0 Å². The van der Waals surface area contributed by atoms with Crippen molar-refractivity contribution in [2.45, 2.75) is 13.1 Å². The molecule has 0 unspecified atom stereocenters. The standard InChI is InChI=1S/C16H20BNO3/c1-18(12-14-7-3-4-9-16(14)21-2)11-13-6-5-8-15(10-13)17(19)20/h3-10,19-20H,11-12H2,1-2H3. The summed E-state index contributed by atoms with van der Waals surface area (Å²) in [6, 6.07) is 15.3. The van der Waals surface area contributed by atoms with Gasteiger partial charge in [-0.1, -0.05) is 42.5 Å². The van der Waals surface area contributed by atoms with Crippen LogP contribution in [0.15, 0.2) is 48.5 Å². The van der Waals surface area contributed by atoms with Gasteiger partial charge in [-0.2, -0.15) is 0 Å². The van der Waals surface area contributed by atoms with Crippen LogP contribution in [0.5, 0.6) is 5.75 Å². The first kappa shape index (κ1) is 15.6. The minimum absolute atomic E-state index is 0.512. The minimum Gasteiger partial charge on any atom is -0.496 e. The van der Waals surface area contributed by atoms with Gasteiger partial charge in [0.05, 0.1) is 7.11 Å². The van der Waals surface area contributed by atoms with Crippen LogP contribution in [-0.2, 0) is 13.1 Å². The Morgan fingerprint density at radius 3 is 2.52 bits per heavy atom. The number of nitrogens with zero attached hydrogens (tertiary/aromatic N) is 1. The summed E-state index contributed by atoms with van der Waals surface area (Å²) in [6.07, 6.45) is 0.